The second-order valence-corrected chi connectivity index (χ2v) is 12.4. The van der Waals surface area contributed by atoms with Gasteiger partial charge in [-0.05, 0) is 28.3 Å². The Kier molecular flexibility index (Phi) is 7.36. The van der Waals surface area contributed by atoms with Gasteiger partial charge in [0.05, 0.1) is 0 Å². The molecule has 0 heterocycles. The van der Waals surface area contributed by atoms with Crippen LogP contribution in [-0.2, 0) is 9.22 Å². The predicted octanol–water partition coefficient (Wildman–Crippen LogP) is 4.57. The molecular formula is C23H32O2Si. The number of carbonyl (C=O) groups is 1. The van der Waals surface area contributed by atoms with E-state index < -0.39 is 8.32 Å². The number of carbonyl (C=O) groups excluding carboxylic acids is 1. The van der Waals surface area contributed by atoms with Crippen molar-refractivity contribution in [3.05, 3.63) is 60.7 Å². The highest BCUT2D eigenvalue weighted by Gasteiger charge is 2.49. The van der Waals surface area contributed by atoms with Crippen molar-refractivity contribution in [3.8, 4) is 0 Å². The van der Waals surface area contributed by atoms with Gasteiger partial charge in [0.25, 0.3) is 8.32 Å². The zero-order valence-corrected chi connectivity index (χ0v) is 17.6. The van der Waals surface area contributed by atoms with Gasteiger partial charge >= 0.3 is 0 Å². The minimum Gasteiger partial charge on any atom is -0.407 e. The molecule has 0 N–H and O–H groups in total. The van der Waals surface area contributed by atoms with E-state index in [1.165, 1.54) is 10.4 Å². The molecule has 0 aliphatic heterocycles. The number of benzene rings is 2. The Morgan fingerprint density at radius 1 is 0.923 bits per heavy atom. The molecule has 0 saturated carbocycles. The first-order valence-electron chi connectivity index (χ1n) is 9.62. The van der Waals surface area contributed by atoms with Crippen molar-refractivity contribution in [1.82, 2.24) is 0 Å². The van der Waals surface area contributed by atoms with E-state index in [2.05, 4.69) is 81.4 Å². The Morgan fingerprint density at radius 2 is 1.42 bits per heavy atom. The lowest BCUT2D eigenvalue weighted by Crippen LogP contribution is -2.66. The lowest BCUT2D eigenvalue weighted by atomic mass is 10.1. The van der Waals surface area contributed by atoms with Crippen LogP contribution in [0.3, 0.4) is 0 Å². The molecule has 0 radical (unpaired) electrons. The largest absolute Gasteiger partial charge is 0.407 e. The molecule has 26 heavy (non-hydrogen) atoms. The maximum absolute atomic E-state index is 10.8. The first kappa shape index (κ1) is 20.6. The van der Waals surface area contributed by atoms with Gasteiger partial charge < -0.3 is 9.22 Å². The highest BCUT2D eigenvalue weighted by Crippen LogP contribution is 2.36. The summed E-state index contributed by atoms with van der Waals surface area (Å²) in [6, 6.07) is 21.5. The third-order valence-corrected chi connectivity index (χ3v) is 10.1. The van der Waals surface area contributed by atoms with Crippen LogP contribution in [0.25, 0.3) is 0 Å². The molecule has 0 aliphatic carbocycles. The number of unbranched alkanes of at least 4 members (excludes halogenated alkanes) is 1. The average Bonchev–Trinajstić information content (AvgIpc) is 2.65. The van der Waals surface area contributed by atoms with E-state index >= 15 is 0 Å². The van der Waals surface area contributed by atoms with Crippen molar-refractivity contribution < 1.29 is 9.22 Å². The van der Waals surface area contributed by atoms with Crippen LogP contribution in [0.2, 0.25) is 5.04 Å². The molecule has 0 unspecified atom stereocenters. The van der Waals surface area contributed by atoms with Gasteiger partial charge in [0.1, 0.15) is 6.29 Å². The topological polar surface area (TPSA) is 26.3 Å². The summed E-state index contributed by atoms with van der Waals surface area (Å²) in [5.74, 6) is 0.142. The molecule has 1 atom stereocenters. The first-order chi connectivity index (χ1) is 12.4. The van der Waals surface area contributed by atoms with E-state index in [-0.39, 0.29) is 11.0 Å². The SMILES string of the molecule is C[C@H](C=O)CCCCO[Si](c1ccccc1)(c1ccccc1)C(C)(C)C. The summed E-state index contributed by atoms with van der Waals surface area (Å²) < 4.78 is 6.83. The Hall–Kier alpha value is -1.71. The van der Waals surface area contributed by atoms with E-state index in [4.69, 9.17) is 4.43 Å². The van der Waals surface area contributed by atoms with Gasteiger partial charge in [0, 0.05) is 12.5 Å². The van der Waals surface area contributed by atoms with Crippen molar-refractivity contribution in [2.45, 2.75) is 52.0 Å². The van der Waals surface area contributed by atoms with Crippen LogP contribution in [0.15, 0.2) is 60.7 Å². The maximum Gasteiger partial charge on any atom is 0.261 e. The maximum atomic E-state index is 10.8. The van der Waals surface area contributed by atoms with Crippen LogP contribution in [0.1, 0.15) is 47.0 Å². The fourth-order valence-corrected chi connectivity index (χ4v) is 8.23. The van der Waals surface area contributed by atoms with Crippen LogP contribution in [0.4, 0.5) is 0 Å². The Bertz CT molecular complexity index is 622. The quantitative estimate of drug-likeness (QED) is 0.368. The second kappa shape index (κ2) is 9.29. The molecular weight excluding hydrogens is 336 g/mol. The zero-order chi connectivity index (χ0) is 19.0. The van der Waals surface area contributed by atoms with Crippen LogP contribution in [0.5, 0.6) is 0 Å². The number of hydrogen-bond donors (Lipinski definition) is 0. The van der Waals surface area contributed by atoms with E-state index in [0.29, 0.717) is 0 Å². The third kappa shape index (κ3) is 4.71. The van der Waals surface area contributed by atoms with Crippen LogP contribution >= 0.6 is 0 Å². The van der Waals surface area contributed by atoms with Gasteiger partial charge in [-0.1, -0.05) is 94.8 Å². The molecule has 0 fully saturated rings. The molecule has 2 rings (SSSR count). The summed E-state index contributed by atoms with van der Waals surface area (Å²) in [4.78, 5) is 10.8. The molecule has 2 nitrogen and oxygen atoms in total. The number of hydrogen-bond acceptors (Lipinski definition) is 2. The predicted molar refractivity (Wildman–Crippen MR) is 113 cm³/mol. The van der Waals surface area contributed by atoms with Crippen molar-refractivity contribution in [2.75, 3.05) is 6.61 Å². The van der Waals surface area contributed by atoms with Crippen molar-refractivity contribution >= 4 is 25.0 Å². The Labute approximate surface area is 159 Å². The van der Waals surface area contributed by atoms with E-state index in [9.17, 15) is 4.79 Å². The van der Waals surface area contributed by atoms with Gasteiger partial charge in [-0.3, -0.25) is 0 Å². The first-order valence-corrected chi connectivity index (χ1v) is 11.5. The second-order valence-electron chi connectivity index (χ2n) is 8.12. The van der Waals surface area contributed by atoms with Gasteiger partial charge in [0.15, 0.2) is 0 Å². The molecule has 0 bridgehead atoms. The van der Waals surface area contributed by atoms with Crippen LogP contribution in [-0.4, -0.2) is 21.2 Å². The standard InChI is InChI=1S/C23H32O2Si/c1-20(19-24)13-11-12-18-25-26(23(2,3)4,21-14-7-5-8-15-21)22-16-9-6-10-17-22/h5-10,14-17,19-20H,11-13,18H2,1-4H3/t20-/m0/s1. The molecule has 0 amide bonds. The Morgan fingerprint density at radius 3 is 1.85 bits per heavy atom. The molecule has 2 aromatic carbocycles. The number of rotatable bonds is 9. The molecule has 0 saturated heterocycles. The normalized spacial score (nSPS) is 13.4. The fourth-order valence-electron chi connectivity index (χ4n) is 3.62. The van der Waals surface area contributed by atoms with E-state index in [1.54, 1.807) is 0 Å². The monoisotopic (exact) mass is 368 g/mol. The zero-order valence-electron chi connectivity index (χ0n) is 16.6. The highest BCUT2D eigenvalue weighted by molar-refractivity contribution is 6.99. The lowest BCUT2D eigenvalue weighted by molar-refractivity contribution is -0.110. The van der Waals surface area contributed by atoms with Crippen molar-refractivity contribution in [1.29, 1.82) is 0 Å². The highest BCUT2D eigenvalue weighted by atomic mass is 28.4. The van der Waals surface area contributed by atoms with Crippen molar-refractivity contribution in [3.63, 3.8) is 0 Å². The summed E-state index contributed by atoms with van der Waals surface area (Å²) in [7, 11) is -2.40. The summed E-state index contributed by atoms with van der Waals surface area (Å²) in [5.41, 5.74) is 0. The molecule has 0 aliphatic rings. The van der Waals surface area contributed by atoms with Crippen LogP contribution < -0.4 is 10.4 Å². The third-order valence-electron chi connectivity index (χ3n) is 5.02. The van der Waals surface area contributed by atoms with E-state index in [0.717, 1.165) is 32.2 Å². The molecule has 140 valence electrons. The van der Waals surface area contributed by atoms with Gasteiger partial charge in [-0.2, -0.15) is 0 Å². The molecule has 0 spiro atoms. The minimum absolute atomic E-state index is 0.0196. The van der Waals surface area contributed by atoms with Gasteiger partial charge in [-0.15, -0.1) is 0 Å². The van der Waals surface area contributed by atoms with Gasteiger partial charge in [0.2, 0.25) is 0 Å². The lowest BCUT2D eigenvalue weighted by Gasteiger charge is -2.43. The van der Waals surface area contributed by atoms with Crippen LogP contribution in [0, 0.1) is 5.92 Å². The summed E-state index contributed by atoms with van der Waals surface area (Å²) >= 11 is 0. The van der Waals surface area contributed by atoms with Gasteiger partial charge in [-0.25, -0.2) is 0 Å². The Balaban J connectivity index is 2.30. The molecule has 3 heteroatoms. The smallest absolute Gasteiger partial charge is 0.261 e. The summed E-state index contributed by atoms with van der Waals surface area (Å²) in [6.07, 6.45) is 4.00. The van der Waals surface area contributed by atoms with E-state index in [1.807, 2.05) is 6.92 Å². The average molecular weight is 369 g/mol. The fraction of sp³-hybridized carbons (Fsp3) is 0.435. The summed E-state index contributed by atoms with van der Waals surface area (Å²) in [5, 5.41) is 2.66. The summed E-state index contributed by atoms with van der Waals surface area (Å²) in [6.45, 7) is 9.61. The van der Waals surface area contributed by atoms with Crippen molar-refractivity contribution in [2.24, 2.45) is 5.92 Å². The number of aldehydes is 1. The molecule has 0 aromatic heterocycles. The molecule has 2 aromatic rings. The minimum atomic E-state index is -2.40.